The average molecular weight is 249 g/mol. The molecule has 1 aliphatic rings. The molecule has 0 N–H and O–H groups in total. The Balaban J connectivity index is 1.70. The van der Waals surface area contributed by atoms with E-state index in [1.54, 1.807) is 0 Å². The van der Waals surface area contributed by atoms with Crippen molar-refractivity contribution < 1.29 is 0 Å². The lowest BCUT2D eigenvalue weighted by molar-refractivity contribution is 0.491. The summed E-state index contributed by atoms with van der Waals surface area (Å²) in [5.74, 6) is 0.732. The van der Waals surface area contributed by atoms with Crippen LogP contribution in [-0.4, -0.2) is 12.3 Å². The van der Waals surface area contributed by atoms with E-state index < -0.39 is 0 Å². The fourth-order valence-corrected chi connectivity index (χ4v) is 2.78. The third-order valence-electron chi connectivity index (χ3n) is 3.80. The van der Waals surface area contributed by atoms with Gasteiger partial charge in [0, 0.05) is 12.3 Å². The lowest BCUT2D eigenvalue weighted by Gasteiger charge is -2.22. The van der Waals surface area contributed by atoms with E-state index in [-0.39, 0.29) is 0 Å². The highest BCUT2D eigenvalue weighted by atomic mass is 14.8. The number of aliphatic imine (C=N–C) groups is 1. The van der Waals surface area contributed by atoms with Crippen molar-refractivity contribution in [1.29, 1.82) is 0 Å². The molecule has 0 fully saturated rings. The van der Waals surface area contributed by atoms with Gasteiger partial charge in [0.15, 0.2) is 0 Å². The third kappa shape index (κ3) is 3.11. The highest BCUT2D eigenvalue weighted by molar-refractivity contribution is 6.01. The summed E-state index contributed by atoms with van der Waals surface area (Å²) in [5, 5.41) is 0. The standard InChI is InChI=1S/C18H19N/c1-3-7-15(8-4-1)13-16-11-12-19-18(14-16)17-9-5-2-6-10-17/h1-10,16H,11-14H2. The Morgan fingerprint density at radius 1 is 0.895 bits per heavy atom. The fourth-order valence-electron chi connectivity index (χ4n) is 2.78. The van der Waals surface area contributed by atoms with Crippen molar-refractivity contribution in [2.24, 2.45) is 10.9 Å². The first-order valence-electron chi connectivity index (χ1n) is 7.04. The first-order valence-corrected chi connectivity index (χ1v) is 7.04. The number of benzene rings is 2. The van der Waals surface area contributed by atoms with E-state index in [4.69, 9.17) is 4.99 Å². The van der Waals surface area contributed by atoms with E-state index in [1.165, 1.54) is 29.7 Å². The maximum absolute atomic E-state index is 4.71. The lowest BCUT2D eigenvalue weighted by atomic mass is 9.87. The number of rotatable bonds is 3. The van der Waals surface area contributed by atoms with E-state index in [1.807, 2.05) is 0 Å². The second kappa shape index (κ2) is 5.83. The van der Waals surface area contributed by atoms with Crippen molar-refractivity contribution in [3.8, 4) is 0 Å². The molecule has 1 unspecified atom stereocenters. The summed E-state index contributed by atoms with van der Waals surface area (Å²) in [4.78, 5) is 4.71. The summed E-state index contributed by atoms with van der Waals surface area (Å²) >= 11 is 0. The minimum absolute atomic E-state index is 0.732. The van der Waals surface area contributed by atoms with Crippen LogP contribution in [0.4, 0.5) is 0 Å². The van der Waals surface area contributed by atoms with Crippen LogP contribution in [0.1, 0.15) is 24.0 Å². The molecule has 3 rings (SSSR count). The summed E-state index contributed by atoms with van der Waals surface area (Å²) in [6, 6.07) is 21.4. The van der Waals surface area contributed by atoms with Gasteiger partial charge in [-0.25, -0.2) is 0 Å². The van der Waals surface area contributed by atoms with Gasteiger partial charge < -0.3 is 0 Å². The molecule has 0 bridgehead atoms. The molecule has 1 nitrogen and oxygen atoms in total. The summed E-state index contributed by atoms with van der Waals surface area (Å²) in [5.41, 5.74) is 4.02. The van der Waals surface area contributed by atoms with Crippen LogP contribution in [-0.2, 0) is 6.42 Å². The zero-order chi connectivity index (χ0) is 12.9. The molecule has 0 saturated carbocycles. The Bertz CT molecular complexity index is 542. The quantitative estimate of drug-likeness (QED) is 0.775. The largest absolute Gasteiger partial charge is 0.289 e. The summed E-state index contributed by atoms with van der Waals surface area (Å²) in [6.07, 6.45) is 3.50. The number of hydrogen-bond acceptors (Lipinski definition) is 1. The molecule has 0 aliphatic carbocycles. The van der Waals surface area contributed by atoms with Crippen LogP contribution in [0.15, 0.2) is 65.7 Å². The van der Waals surface area contributed by atoms with Crippen LogP contribution in [0.25, 0.3) is 0 Å². The SMILES string of the molecule is c1ccc(CC2CCN=C(c3ccccc3)C2)cc1. The van der Waals surface area contributed by atoms with Gasteiger partial charge in [-0.15, -0.1) is 0 Å². The molecule has 2 aromatic carbocycles. The Hall–Kier alpha value is -1.89. The third-order valence-corrected chi connectivity index (χ3v) is 3.80. The molecule has 96 valence electrons. The highest BCUT2D eigenvalue weighted by Gasteiger charge is 2.18. The topological polar surface area (TPSA) is 12.4 Å². The zero-order valence-electron chi connectivity index (χ0n) is 11.1. The Kier molecular flexibility index (Phi) is 3.73. The van der Waals surface area contributed by atoms with E-state index in [9.17, 15) is 0 Å². The number of nitrogens with zero attached hydrogens (tertiary/aromatic N) is 1. The van der Waals surface area contributed by atoms with Crippen LogP contribution in [0.2, 0.25) is 0 Å². The minimum Gasteiger partial charge on any atom is -0.289 e. The lowest BCUT2D eigenvalue weighted by Crippen LogP contribution is -2.18. The normalized spacial score (nSPS) is 18.9. The zero-order valence-corrected chi connectivity index (χ0v) is 11.1. The van der Waals surface area contributed by atoms with Crippen molar-refractivity contribution in [3.05, 3.63) is 71.8 Å². The molecule has 1 atom stereocenters. The average Bonchev–Trinajstić information content (AvgIpc) is 2.49. The molecule has 0 amide bonds. The summed E-state index contributed by atoms with van der Waals surface area (Å²) < 4.78 is 0. The molecule has 1 heterocycles. The second-order valence-corrected chi connectivity index (χ2v) is 5.24. The van der Waals surface area contributed by atoms with Crippen molar-refractivity contribution in [1.82, 2.24) is 0 Å². The van der Waals surface area contributed by atoms with Gasteiger partial charge in [-0.1, -0.05) is 60.7 Å². The van der Waals surface area contributed by atoms with Crippen molar-refractivity contribution in [3.63, 3.8) is 0 Å². The highest BCUT2D eigenvalue weighted by Crippen LogP contribution is 2.23. The minimum atomic E-state index is 0.732. The maximum Gasteiger partial charge on any atom is 0.0423 e. The van der Waals surface area contributed by atoms with Gasteiger partial charge in [-0.3, -0.25) is 4.99 Å². The first-order chi connectivity index (χ1) is 9.42. The van der Waals surface area contributed by atoms with Crippen molar-refractivity contribution >= 4 is 5.71 Å². The van der Waals surface area contributed by atoms with Gasteiger partial charge in [0.25, 0.3) is 0 Å². The van der Waals surface area contributed by atoms with E-state index >= 15 is 0 Å². The predicted octanol–water partition coefficient (Wildman–Crippen LogP) is 4.13. The van der Waals surface area contributed by atoms with Crippen LogP contribution < -0.4 is 0 Å². The van der Waals surface area contributed by atoms with E-state index in [0.717, 1.165) is 18.9 Å². The summed E-state index contributed by atoms with van der Waals surface area (Å²) in [6.45, 7) is 0.974. The maximum atomic E-state index is 4.71. The fraction of sp³-hybridized carbons (Fsp3) is 0.278. The van der Waals surface area contributed by atoms with Gasteiger partial charge >= 0.3 is 0 Å². The van der Waals surface area contributed by atoms with Gasteiger partial charge in [0.2, 0.25) is 0 Å². The first kappa shape index (κ1) is 12.2. The van der Waals surface area contributed by atoms with Gasteiger partial charge in [0.1, 0.15) is 0 Å². The monoisotopic (exact) mass is 249 g/mol. The van der Waals surface area contributed by atoms with E-state index in [0.29, 0.717) is 0 Å². The number of hydrogen-bond donors (Lipinski definition) is 0. The molecule has 2 aromatic rings. The molecular weight excluding hydrogens is 230 g/mol. The van der Waals surface area contributed by atoms with Crippen molar-refractivity contribution in [2.45, 2.75) is 19.3 Å². The smallest absolute Gasteiger partial charge is 0.0423 e. The molecule has 0 saturated heterocycles. The van der Waals surface area contributed by atoms with Gasteiger partial charge in [0.05, 0.1) is 0 Å². The second-order valence-electron chi connectivity index (χ2n) is 5.24. The van der Waals surface area contributed by atoms with Crippen molar-refractivity contribution in [2.75, 3.05) is 6.54 Å². The summed E-state index contributed by atoms with van der Waals surface area (Å²) in [7, 11) is 0. The Labute approximate surface area is 115 Å². The Morgan fingerprint density at radius 3 is 2.32 bits per heavy atom. The predicted molar refractivity (Wildman–Crippen MR) is 80.7 cm³/mol. The molecule has 0 radical (unpaired) electrons. The molecular formula is C18H19N. The molecule has 0 aromatic heterocycles. The van der Waals surface area contributed by atoms with Crippen LogP contribution >= 0.6 is 0 Å². The van der Waals surface area contributed by atoms with Gasteiger partial charge in [-0.05, 0) is 36.3 Å². The molecule has 0 spiro atoms. The Morgan fingerprint density at radius 2 is 1.58 bits per heavy atom. The molecule has 19 heavy (non-hydrogen) atoms. The molecule has 1 aliphatic heterocycles. The molecule has 1 heteroatoms. The van der Waals surface area contributed by atoms with Crippen LogP contribution in [0.5, 0.6) is 0 Å². The van der Waals surface area contributed by atoms with Crippen LogP contribution in [0, 0.1) is 5.92 Å². The van der Waals surface area contributed by atoms with Gasteiger partial charge in [-0.2, -0.15) is 0 Å². The van der Waals surface area contributed by atoms with E-state index in [2.05, 4.69) is 60.7 Å². The van der Waals surface area contributed by atoms with Crippen LogP contribution in [0.3, 0.4) is 0 Å².